The van der Waals surface area contributed by atoms with Crippen molar-refractivity contribution in [3.8, 4) is 11.5 Å². The molecule has 1 aromatic heterocycles. The Morgan fingerprint density at radius 3 is 2.58 bits per heavy atom. The van der Waals surface area contributed by atoms with Crippen LogP contribution in [-0.4, -0.2) is 36.7 Å². The van der Waals surface area contributed by atoms with E-state index in [1.807, 2.05) is 0 Å². The van der Waals surface area contributed by atoms with Crippen LogP contribution in [0.15, 0.2) is 47.8 Å². The molecule has 2 rings (SSSR count). The Labute approximate surface area is 151 Å². The van der Waals surface area contributed by atoms with E-state index in [1.54, 1.807) is 43.5 Å². The lowest BCUT2D eigenvalue weighted by Crippen LogP contribution is -2.21. The highest BCUT2D eigenvalue weighted by atomic mass is 16.5. The van der Waals surface area contributed by atoms with E-state index in [0.717, 1.165) is 0 Å². The highest BCUT2D eigenvalue weighted by Crippen LogP contribution is 2.29. The molecule has 26 heavy (non-hydrogen) atoms. The van der Waals surface area contributed by atoms with Crippen molar-refractivity contribution in [1.29, 1.82) is 0 Å². The van der Waals surface area contributed by atoms with Crippen LogP contribution >= 0.6 is 0 Å². The molecule has 0 spiro atoms. The minimum atomic E-state index is -0.391. The second kappa shape index (κ2) is 9.16. The van der Waals surface area contributed by atoms with Crippen molar-refractivity contribution < 1.29 is 19.1 Å². The van der Waals surface area contributed by atoms with Gasteiger partial charge in [-0.3, -0.25) is 14.6 Å². The number of ether oxygens (including phenoxy) is 2. The molecular formula is C18H20N4O4. The average molecular weight is 356 g/mol. The number of hydrogen-bond acceptors (Lipinski definition) is 6. The predicted octanol–water partition coefficient (Wildman–Crippen LogP) is 2.23. The summed E-state index contributed by atoms with van der Waals surface area (Å²) in [4.78, 5) is 27.8. The van der Waals surface area contributed by atoms with Crippen molar-refractivity contribution >= 4 is 23.2 Å². The van der Waals surface area contributed by atoms with E-state index in [1.165, 1.54) is 20.4 Å². The summed E-state index contributed by atoms with van der Waals surface area (Å²) in [5, 5.41) is 6.67. The van der Waals surface area contributed by atoms with Crippen molar-refractivity contribution in [3.05, 3.63) is 48.3 Å². The molecule has 0 aliphatic heterocycles. The van der Waals surface area contributed by atoms with Gasteiger partial charge in [0.15, 0.2) is 11.5 Å². The maximum absolute atomic E-state index is 12.1. The van der Waals surface area contributed by atoms with Gasteiger partial charge in [-0.2, -0.15) is 5.10 Å². The van der Waals surface area contributed by atoms with Crippen LogP contribution in [0.4, 0.5) is 5.69 Å². The van der Waals surface area contributed by atoms with Gasteiger partial charge in [-0.1, -0.05) is 0 Å². The highest BCUT2D eigenvalue weighted by Gasteiger charge is 2.09. The average Bonchev–Trinajstić information content (AvgIpc) is 2.66. The standard InChI is InChI=1S/C18H20N4O4/c1-12(21-22-18(24)13-5-4-8-19-11-13)9-17(23)20-14-6-7-15(25-2)16(10-14)26-3/h4-8,10-11H,9H2,1-3H3,(H,20,23)(H,22,24)/b21-12+. The fourth-order valence-electron chi connectivity index (χ4n) is 2.10. The second-order valence-electron chi connectivity index (χ2n) is 5.32. The topological polar surface area (TPSA) is 102 Å². The van der Waals surface area contributed by atoms with Crippen LogP contribution in [0, 0.1) is 0 Å². The zero-order valence-corrected chi connectivity index (χ0v) is 14.8. The van der Waals surface area contributed by atoms with Crippen LogP contribution in [0.5, 0.6) is 11.5 Å². The van der Waals surface area contributed by atoms with Crippen LogP contribution in [-0.2, 0) is 4.79 Å². The zero-order chi connectivity index (χ0) is 18.9. The minimum absolute atomic E-state index is 0.0294. The predicted molar refractivity (Wildman–Crippen MR) is 97.6 cm³/mol. The number of anilines is 1. The molecular weight excluding hydrogens is 336 g/mol. The number of carbonyl (C=O) groups is 2. The summed E-state index contributed by atoms with van der Waals surface area (Å²) < 4.78 is 10.3. The third-order valence-corrected chi connectivity index (χ3v) is 3.36. The Morgan fingerprint density at radius 2 is 1.92 bits per heavy atom. The molecule has 2 aromatic rings. The summed E-state index contributed by atoms with van der Waals surface area (Å²) in [6.45, 7) is 1.65. The number of hydrazone groups is 1. The fourth-order valence-corrected chi connectivity index (χ4v) is 2.10. The van der Waals surface area contributed by atoms with Crippen molar-refractivity contribution in [2.75, 3.05) is 19.5 Å². The van der Waals surface area contributed by atoms with Crippen molar-refractivity contribution in [1.82, 2.24) is 10.4 Å². The molecule has 0 radical (unpaired) electrons. The molecule has 2 amide bonds. The number of rotatable bonds is 7. The van der Waals surface area contributed by atoms with E-state index in [-0.39, 0.29) is 12.3 Å². The van der Waals surface area contributed by atoms with Gasteiger partial charge in [0, 0.05) is 29.9 Å². The van der Waals surface area contributed by atoms with Crippen molar-refractivity contribution in [2.24, 2.45) is 5.10 Å². The molecule has 2 N–H and O–H groups in total. The summed E-state index contributed by atoms with van der Waals surface area (Å²) >= 11 is 0. The molecule has 0 bridgehead atoms. The summed E-state index contributed by atoms with van der Waals surface area (Å²) in [7, 11) is 3.06. The number of pyridine rings is 1. The molecule has 8 nitrogen and oxygen atoms in total. The lowest BCUT2D eigenvalue weighted by molar-refractivity contribution is -0.115. The Morgan fingerprint density at radius 1 is 1.15 bits per heavy atom. The molecule has 1 aromatic carbocycles. The Kier molecular flexibility index (Phi) is 6.67. The van der Waals surface area contributed by atoms with Gasteiger partial charge < -0.3 is 14.8 Å². The number of methoxy groups -OCH3 is 2. The fraction of sp³-hybridized carbons (Fsp3) is 0.222. The molecule has 0 fully saturated rings. The number of hydrogen-bond donors (Lipinski definition) is 2. The van der Waals surface area contributed by atoms with Gasteiger partial charge in [0.25, 0.3) is 5.91 Å². The quantitative estimate of drug-likeness (QED) is 0.585. The third-order valence-electron chi connectivity index (χ3n) is 3.36. The van der Waals surface area contributed by atoms with Crippen LogP contribution in [0.3, 0.4) is 0 Å². The molecule has 0 atom stereocenters. The third kappa shape index (κ3) is 5.30. The van der Waals surface area contributed by atoms with Gasteiger partial charge in [0.05, 0.1) is 26.2 Å². The Hall–Kier alpha value is -3.42. The Balaban J connectivity index is 1.91. The minimum Gasteiger partial charge on any atom is -0.493 e. The molecule has 8 heteroatoms. The molecule has 0 aliphatic carbocycles. The van der Waals surface area contributed by atoms with E-state index in [4.69, 9.17) is 9.47 Å². The summed E-state index contributed by atoms with van der Waals surface area (Å²) in [5.74, 6) is 0.424. The van der Waals surface area contributed by atoms with Gasteiger partial charge in [0.2, 0.25) is 5.91 Å². The van der Waals surface area contributed by atoms with E-state index in [2.05, 4.69) is 20.8 Å². The van der Waals surface area contributed by atoms with E-state index >= 15 is 0 Å². The van der Waals surface area contributed by atoms with Crippen molar-refractivity contribution in [2.45, 2.75) is 13.3 Å². The first-order valence-electron chi connectivity index (χ1n) is 7.79. The SMILES string of the molecule is COc1ccc(NC(=O)C/C(C)=N/NC(=O)c2cccnc2)cc1OC. The lowest BCUT2D eigenvalue weighted by Gasteiger charge is -2.10. The highest BCUT2D eigenvalue weighted by molar-refractivity contribution is 6.06. The largest absolute Gasteiger partial charge is 0.493 e. The smallest absolute Gasteiger partial charge is 0.272 e. The maximum Gasteiger partial charge on any atom is 0.272 e. The second-order valence-corrected chi connectivity index (χ2v) is 5.32. The first-order chi connectivity index (χ1) is 12.5. The van der Waals surface area contributed by atoms with Gasteiger partial charge >= 0.3 is 0 Å². The van der Waals surface area contributed by atoms with E-state index in [0.29, 0.717) is 28.5 Å². The zero-order valence-electron chi connectivity index (χ0n) is 14.8. The van der Waals surface area contributed by atoms with Crippen LogP contribution in [0.25, 0.3) is 0 Å². The lowest BCUT2D eigenvalue weighted by atomic mass is 10.2. The van der Waals surface area contributed by atoms with Gasteiger partial charge in [-0.05, 0) is 31.2 Å². The molecule has 1 heterocycles. The van der Waals surface area contributed by atoms with Crippen LogP contribution < -0.4 is 20.2 Å². The molecule has 0 unspecified atom stereocenters. The normalized spacial score (nSPS) is 10.8. The summed E-state index contributed by atoms with van der Waals surface area (Å²) in [6.07, 6.45) is 3.04. The Bertz CT molecular complexity index is 806. The maximum atomic E-state index is 12.1. The van der Waals surface area contributed by atoms with Gasteiger partial charge in [0.1, 0.15) is 0 Å². The number of carbonyl (C=O) groups excluding carboxylic acids is 2. The van der Waals surface area contributed by atoms with Crippen LogP contribution in [0.2, 0.25) is 0 Å². The number of benzene rings is 1. The summed E-state index contributed by atoms with van der Waals surface area (Å²) in [6, 6.07) is 8.34. The number of nitrogens with zero attached hydrogens (tertiary/aromatic N) is 2. The molecule has 136 valence electrons. The van der Waals surface area contributed by atoms with Crippen LogP contribution in [0.1, 0.15) is 23.7 Å². The number of nitrogens with one attached hydrogen (secondary N) is 2. The first-order valence-corrected chi connectivity index (χ1v) is 7.79. The van der Waals surface area contributed by atoms with Gasteiger partial charge in [-0.15, -0.1) is 0 Å². The first kappa shape index (κ1) is 18.9. The monoisotopic (exact) mass is 356 g/mol. The van der Waals surface area contributed by atoms with E-state index < -0.39 is 5.91 Å². The molecule has 0 saturated carbocycles. The summed E-state index contributed by atoms with van der Waals surface area (Å²) in [5.41, 5.74) is 3.81. The number of aromatic nitrogens is 1. The van der Waals surface area contributed by atoms with E-state index in [9.17, 15) is 9.59 Å². The van der Waals surface area contributed by atoms with Gasteiger partial charge in [-0.25, -0.2) is 5.43 Å². The van der Waals surface area contributed by atoms with Crippen molar-refractivity contribution in [3.63, 3.8) is 0 Å². The molecule has 0 saturated heterocycles. The number of amides is 2. The molecule has 0 aliphatic rings.